The zero-order valence-corrected chi connectivity index (χ0v) is 10.1. The normalized spacial score (nSPS) is 10.3. The zero-order valence-electron chi connectivity index (χ0n) is 10.1. The van der Waals surface area contributed by atoms with Gasteiger partial charge >= 0.3 is 0 Å². The number of hydrogen-bond acceptors (Lipinski definition) is 3. The van der Waals surface area contributed by atoms with E-state index in [1.54, 1.807) is 12.0 Å². The number of carbonyl (C=O) groups is 1. The van der Waals surface area contributed by atoms with Crippen LogP contribution in [0.25, 0.3) is 0 Å². The summed E-state index contributed by atoms with van der Waals surface area (Å²) < 4.78 is 9.96. The minimum Gasteiger partial charge on any atom is -0.382 e. The summed E-state index contributed by atoms with van der Waals surface area (Å²) >= 11 is 0. The number of hydrogen-bond donors (Lipinski definition) is 0. The standard InChI is InChI=1S/C11H23NO3/c1-4-5-6-7-12(2)11(13)10-15-9-8-14-3/h4-10H2,1-3H3. The fraction of sp³-hybridized carbons (Fsp3) is 0.909. The summed E-state index contributed by atoms with van der Waals surface area (Å²) in [6.45, 7) is 4.14. The average Bonchev–Trinajstić information content (AvgIpc) is 2.24. The predicted octanol–water partition coefficient (Wildman–Crippen LogP) is 1.30. The number of methoxy groups -OCH3 is 1. The first-order valence-electron chi connectivity index (χ1n) is 5.53. The molecule has 0 aromatic rings. The summed E-state index contributed by atoms with van der Waals surface area (Å²) in [7, 11) is 3.43. The van der Waals surface area contributed by atoms with E-state index in [4.69, 9.17) is 9.47 Å². The molecule has 0 unspecified atom stereocenters. The maximum Gasteiger partial charge on any atom is 0.248 e. The maximum atomic E-state index is 11.5. The molecule has 0 saturated heterocycles. The summed E-state index contributed by atoms with van der Waals surface area (Å²) in [4.78, 5) is 13.2. The number of ether oxygens (including phenoxy) is 2. The van der Waals surface area contributed by atoms with E-state index in [1.807, 2.05) is 7.05 Å². The lowest BCUT2D eigenvalue weighted by atomic mass is 10.2. The SMILES string of the molecule is CCCCCN(C)C(=O)COCCOC. The van der Waals surface area contributed by atoms with Crippen LogP contribution in [0.2, 0.25) is 0 Å². The van der Waals surface area contributed by atoms with Crippen molar-refractivity contribution in [2.75, 3.05) is 40.5 Å². The minimum atomic E-state index is 0.0437. The van der Waals surface area contributed by atoms with Gasteiger partial charge in [0.1, 0.15) is 6.61 Å². The van der Waals surface area contributed by atoms with Crippen LogP contribution in [0.5, 0.6) is 0 Å². The molecule has 1 amide bonds. The van der Waals surface area contributed by atoms with Crippen LogP contribution in [-0.2, 0) is 14.3 Å². The van der Waals surface area contributed by atoms with Crippen molar-refractivity contribution in [1.29, 1.82) is 0 Å². The van der Waals surface area contributed by atoms with Gasteiger partial charge in [-0.25, -0.2) is 0 Å². The fourth-order valence-electron chi connectivity index (χ4n) is 1.14. The fourth-order valence-corrected chi connectivity index (χ4v) is 1.14. The van der Waals surface area contributed by atoms with Crippen molar-refractivity contribution in [3.8, 4) is 0 Å². The first kappa shape index (κ1) is 14.4. The first-order chi connectivity index (χ1) is 7.22. The van der Waals surface area contributed by atoms with Crippen LogP contribution < -0.4 is 0 Å². The lowest BCUT2D eigenvalue weighted by Gasteiger charge is -2.16. The highest BCUT2D eigenvalue weighted by molar-refractivity contribution is 5.77. The molecule has 0 aromatic heterocycles. The van der Waals surface area contributed by atoms with Gasteiger partial charge in [0, 0.05) is 20.7 Å². The Kier molecular flexibility index (Phi) is 9.52. The molecule has 0 fully saturated rings. The van der Waals surface area contributed by atoms with Gasteiger partial charge in [-0.05, 0) is 6.42 Å². The maximum absolute atomic E-state index is 11.5. The second kappa shape index (κ2) is 9.93. The first-order valence-corrected chi connectivity index (χ1v) is 5.53. The highest BCUT2D eigenvalue weighted by Crippen LogP contribution is 1.96. The Hall–Kier alpha value is -0.610. The van der Waals surface area contributed by atoms with Gasteiger partial charge in [-0.2, -0.15) is 0 Å². The van der Waals surface area contributed by atoms with Gasteiger partial charge in [0.2, 0.25) is 5.91 Å². The summed E-state index contributed by atoms with van der Waals surface area (Å²) in [5, 5.41) is 0. The third-order valence-electron chi connectivity index (χ3n) is 2.18. The van der Waals surface area contributed by atoms with E-state index >= 15 is 0 Å². The van der Waals surface area contributed by atoms with Gasteiger partial charge in [-0.1, -0.05) is 19.8 Å². The second-order valence-corrected chi connectivity index (χ2v) is 3.57. The van der Waals surface area contributed by atoms with Crippen LogP contribution in [-0.4, -0.2) is 51.3 Å². The number of amides is 1. The number of unbranched alkanes of at least 4 members (excludes halogenated alkanes) is 2. The smallest absolute Gasteiger partial charge is 0.248 e. The van der Waals surface area contributed by atoms with E-state index in [2.05, 4.69) is 6.92 Å². The van der Waals surface area contributed by atoms with E-state index in [-0.39, 0.29) is 12.5 Å². The lowest BCUT2D eigenvalue weighted by Crippen LogP contribution is -2.31. The number of rotatable bonds is 9. The number of likely N-dealkylation sites (N-methyl/N-ethyl adjacent to an activating group) is 1. The molecule has 0 aliphatic heterocycles. The lowest BCUT2D eigenvalue weighted by molar-refractivity contribution is -0.135. The molecule has 0 aliphatic carbocycles. The van der Waals surface area contributed by atoms with E-state index in [9.17, 15) is 4.79 Å². The molecule has 0 rings (SSSR count). The summed E-state index contributed by atoms with van der Waals surface area (Å²) in [5.41, 5.74) is 0. The summed E-state index contributed by atoms with van der Waals surface area (Å²) in [6.07, 6.45) is 3.41. The van der Waals surface area contributed by atoms with Crippen molar-refractivity contribution < 1.29 is 14.3 Å². The van der Waals surface area contributed by atoms with Crippen molar-refractivity contribution in [2.45, 2.75) is 26.2 Å². The van der Waals surface area contributed by atoms with Crippen molar-refractivity contribution >= 4 is 5.91 Å². The number of carbonyl (C=O) groups excluding carboxylic acids is 1. The Balaban J connectivity index is 3.42. The van der Waals surface area contributed by atoms with Crippen LogP contribution >= 0.6 is 0 Å². The molecule has 4 nitrogen and oxygen atoms in total. The van der Waals surface area contributed by atoms with E-state index in [0.29, 0.717) is 13.2 Å². The molecule has 0 aromatic carbocycles. The van der Waals surface area contributed by atoms with Gasteiger partial charge in [0.15, 0.2) is 0 Å². The Morgan fingerprint density at radius 3 is 2.60 bits per heavy atom. The molecule has 0 atom stereocenters. The molecule has 0 spiro atoms. The van der Waals surface area contributed by atoms with Crippen LogP contribution in [0.4, 0.5) is 0 Å². The Morgan fingerprint density at radius 2 is 2.00 bits per heavy atom. The molecule has 0 bridgehead atoms. The van der Waals surface area contributed by atoms with Crippen molar-refractivity contribution in [1.82, 2.24) is 4.90 Å². The second-order valence-electron chi connectivity index (χ2n) is 3.57. The molecule has 0 radical (unpaired) electrons. The van der Waals surface area contributed by atoms with Crippen LogP contribution in [0.3, 0.4) is 0 Å². The molecular weight excluding hydrogens is 194 g/mol. The number of nitrogens with zero attached hydrogens (tertiary/aromatic N) is 1. The molecule has 0 aliphatic rings. The van der Waals surface area contributed by atoms with Gasteiger partial charge < -0.3 is 14.4 Å². The van der Waals surface area contributed by atoms with Gasteiger partial charge in [-0.15, -0.1) is 0 Å². The van der Waals surface area contributed by atoms with E-state index in [0.717, 1.165) is 13.0 Å². The van der Waals surface area contributed by atoms with Gasteiger partial charge in [0.25, 0.3) is 0 Å². The average molecular weight is 217 g/mol. The molecule has 4 heteroatoms. The van der Waals surface area contributed by atoms with E-state index in [1.165, 1.54) is 12.8 Å². The van der Waals surface area contributed by atoms with Crippen LogP contribution in [0, 0.1) is 0 Å². The predicted molar refractivity (Wildman–Crippen MR) is 59.9 cm³/mol. The molecule has 90 valence electrons. The molecule has 0 heterocycles. The van der Waals surface area contributed by atoms with Crippen molar-refractivity contribution in [2.24, 2.45) is 0 Å². The third kappa shape index (κ3) is 8.39. The highest BCUT2D eigenvalue weighted by atomic mass is 16.5. The Labute approximate surface area is 92.5 Å². The van der Waals surface area contributed by atoms with Crippen LogP contribution in [0.1, 0.15) is 26.2 Å². The minimum absolute atomic E-state index is 0.0437. The topological polar surface area (TPSA) is 38.8 Å². The van der Waals surface area contributed by atoms with Crippen LogP contribution in [0.15, 0.2) is 0 Å². The Morgan fingerprint density at radius 1 is 1.27 bits per heavy atom. The summed E-state index contributed by atoms with van der Waals surface area (Å²) in [5.74, 6) is 0.0437. The zero-order chi connectivity index (χ0) is 11.5. The largest absolute Gasteiger partial charge is 0.382 e. The van der Waals surface area contributed by atoms with Crippen molar-refractivity contribution in [3.05, 3.63) is 0 Å². The molecule has 0 N–H and O–H groups in total. The van der Waals surface area contributed by atoms with Gasteiger partial charge in [0.05, 0.1) is 13.2 Å². The molecular formula is C11H23NO3. The van der Waals surface area contributed by atoms with E-state index < -0.39 is 0 Å². The highest BCUT2D eigenvalue weighted by Gasteiger charge is 2.07. The monoisotopic (exact) mass is 217 g/mol. The van der Waals surface area contributed by atoms with Crippen molar-refractivity contribution in [3.63, 3.8) is 0 Å². The third-order valence-corrected chi connectivity index (χ3v) is 2.18. The quantitative estimate of drug-likeness (QED) is 0.546. The molecule has 15 heavy (non-hydrogen) atoms. The summed E-state index contributed by atoms with van der Waals surface area (Å²) in [6, 6.07) is 0. The Bertz CT molecular complexity index is 162. The molecule has 0 saturated carbocycles. The van der Waals surface area contributed by atoms with Gasteiger partial charge in [-0.3, -0.25) is 4.79 Å².